The van der Waals surface area contributed by atoms with E-state index in [2.05, 4.69) is 15.5 Å². The molecule has 0 heterocycles. The van der Waals surface area contributed by atoms with Crippen molar-refractivity contribution < 1.29 is 14.6 Å². The zero-order chi connectivity index (χ0) is 13.4. The number of fused-ring (bicyclic) bond motifs is 1. The van der Waals surface area contributed by atoms with E-state index < -0.39 is 0 Å². The summed E-state index contributed by atoms with van der Waals surface area (Å²) in [5.41, 5.74) is 2.61. The number of aliphatic hydroxyl groups is 1. The van der Waals surface area contributed by atoms with Crippen molar-refractivity contribution in [2.45, 2.75) is 25.2 Å². The molecular formula is C14H21ClO3. The Labute approximate surface area is 114 Å². The average Bonchev–Trinajstić information content (AvgIpc) is 2.39. The third-order valence-electron chi connectivity index (χ3n) is 3.00. The van der Waals surface area contributed by atoms with E-state index in [1.54, 1.807) is 14.2 Å². The van der Waals surface area contributed by atoms with Crippen LogP contribution in [0.5, 0.6) is 0 Å². The van der Waals surface area contributed by atoms with Crippen molar-refractivity contribution in [2.75, 3.05) is 27.6 Å². The highest BCUT2D eigenvalue weighted by Crippen LogP contribution is 2.32. The van der Waals surface area contributed by atoms with Gasteiger partial charge in [0.15, 0.2) is 0 Å². The Morgan fingerprint density at radius 3 is 2.61 bits per heavy atom. The smallest absolute Gasteiger partial charge is 0.145 e. The Hall–Kier alpha value is -0.610. The molecular weight excluding hydrogens is 252 g/mol. The van der Waals surface area contributed by atoms with Gasteiger partial charge in [0.1, 0.15) is 6.79 Å². The summed E-state index contributed by atoms with van der Waals surface area (Å²) in [6.07, 6.45) is 3.37. The lowest BCUT2D eigenvalue weighted by molar-refractivity contribution is -0.00271. The molecule has 1 aliphatic rings. The minimum atomic E-state index is 0.259. The second-order valence-electron chi connectivity index (χ2n) is 4.31. The number of ether oxygens (including phenoxy) is 2. The standard InChI is InChI=1S/C11H13ClO.C3H8O2/c12-10-4-5-11-8(6-10)2-1-3-9(11)7-13;1-4-3-5-2/h4-6,9,13H,1-3,7H2;3H2,1-2H3. The molecule has 0 aromatic heterocycles. The molecule has 0 bridgehead atoms. The van der Waals surface area contributed by atoms with Gasteiger partial charge in [0, 0.05) is 31.8 Å². The summed E-state index contributed by atoms with van der Waals surface area (Å²) in [7, 11) is 3.17. The number of halogens is 1. The summed E-state index contributed by atoms with van der Waals surface area (Å²) in [4.78, 5) is 0. The first kappa shape index (κ1) is 15.4. The molecule has 0 fully saturated rings. The largest absolute Gasteiger partial charge is 0.396 e. The fourth-order valence-corrected chi connectivity index (χ4v) is 2.39. The molecule has 18 heavy (non-hydrogen) atoms. The lowest BCUT2D eigenvalue weighted by Crippen LogP contribution is -2.12. The molecule has 2 rings (SSSR count). The fraction of sp³-hybridized carbons (Fsp3) is 0.571. The van der Waals surface area contributed by atoms with Gasteiger partial charge in [0.25, 0.3) is 0 Å². The van der Waals surface area contributed by atoms with Crippen LogP contribution in [0.4, 0.5) is 0 Å². The second kappa shape index (κ2) is 8.48. The van der Waals surface area contributed by atoms with Gasteiger partial charge in [-0.2, -0.15) is 0 Å². The number of benzene rings is 1. The zero-order valence-electron chi connectivity index (χ0n) is 11.0. The van der Waals surface area contributed by atoms with E-state index >= 15 is 0 Å². The van der Waals surface area contributed by atoms with Crippen LogP contribution in [0.1, 0.15) is 29.9 Å². The van der Waals surface area contributed by atoms with Crippen LogP contribution in [0.3, 0.4) is 0 Å². The minimum Gasteiger partial charge on any atom is -0.396 e. The minimum absolute atomic E-state index is 0.259. The summed E-state index contributed by atoms with van der Waals surface area (Å²) in [6.45, 7) is 0.647. The third-order valence-corrected chi connectivity index (χ3v) is 3.23. The highest BCUT2D eigenvalue weighted by Gasteiger charge is 2.18. The van der Waals surface area contributed by atoms with E-state index in [0.717, 1.165) is 17.9 Å². The van der Waals surface area contributed by atoms with Gasteiger partial charge in [-0.3, -0.25) is 0 Å². The molecule has 0 amide bonds. The molecule has 4 heteroatoms. The Balaban J connectivity index is 0.000000280. The lowest BCUT2D eigenvalue weighted by Gasteiger charge is -2.23. The predicted octanol–water partition coefficient (Wildman–Crippen LogP) is 2.99. The quantitative estimate of drug-likeness (QED) is 0.860. The molecule has 0 aliphatic heterocycles. The van der Waals surface area contributed by atoms with Crippen LogP contribution in [0.25, 0.3) is 0 Å². The maximum atomic E-state index is 9.17. The van der Waals surface area contributed by atoms with E-state index in [4.69, 9.17) is 11.6 Å². The first-order valence-electron chi connectivity index (χ1n) is 6.10. The number of hydrogen-bond acceptors (Lipinski definition) is 3. The Morgan fingerprint density at radius 1 is 1.33 bits per heavy atom. The van der Waals surface area contributed by atoms with Crippen LogP contribution in [0.15, 0.2) is 18.2 Å². The molecule has 0 saturated carbocycles. The van der Waals surface area contributed by atoms with Crippen molar-refractivity contribution in [3.05, 3.63) is 34.3 Å². The molecule has 1 atom stereocenters. The Kier molecular flexibility index (Phi) is 7.28. The van der Waals surface area contributed by atoms with Gasteiger partial charge in [-0.05, 0) is 42.5 Å². The van der Waals surface area contributed by atoms with Crippen LogP contribution >= 0.6 is 11.6 Å². The van der Waals surface area contributed by atoms with E-state index in [1.807, 2.05) is 12.1 Å². The van der Waals surface area contributed by atoms with Gasteiger partial charge >= 0.3 is 0 Å². The van der Waals surface area contributed by atoms with Gasteiger partial charge in [-0.25, -0.2) is 0 Å². The van der Waals surface area contributed by atoms with Gasteiger partial charge in [0.05, 0.1) is 0 Å². The van der Waals surface area contributed by atoms with Crippen molar-refractivity contribution in [2.24, 2.45) is 0 Å². The van der Waals surface area contributed by atoms with Gasteiger partial charge in [-0.1, -0.05) is 17.7 Å². The van der Waals surface area contributed by atoms with Crippen LogP contribution in [0.2, 0.25) is 5.02 Å². The maximum Gasteiger partial charge on any atom is 0.145 e. The number of aliphatic hydroxyl groups excluding tert-OH is 1. The normalized spacial score (nSPS) is 17.7. The van der Waals surface area contributed by atoms with E-state index in [9.17, 15) is 5.11 Å². The summed E-state index contributed by atoms with van der Waals surface area (Å²) in [5, 5.41) is 9.98. The predicted molar refractivity (Wildman–Crippen MR) is 73.1 cm³/mol. The van der Waals surface area contributed by atoms with Crippen molar-refractivity contribution >= 4 is 11.6 Å². The molecule has 3 nitrogen and oxygen atoms in total. The molecule has 102 valence electrons. The molecule has 1 N–H and O–H groups in total. The first-order valence-corrected chi connectivity index (χ1v) is 6.47. The average molecular weight is 273 g/mol. The van der Waals surface area contributed by atoms with Crippen molar-refractivity contribution in [1.82, 2.24) is 0 Å². The Morgan fingerprint density at radius 2 is 2.06 bits per heavy atom. The van der Waals surface area contributed by atoms with Crippen molar-refractivity contribution in [3.8, 4) is 0 Å². The number of rotatable bonds is 3. The monoisotopic (exact) mass is 272 g/mol. The molecule has 1 aliphatic carbocycles. The fourth-order valence-electron chi connectivity index (χ4n) is 2.19. The van der Waals surface area contributed by atoms with Crippen LogP contribution in [-0.2, 0) is 15.9 Å². The summed E-state index contributed by atoms with van der Waals surface area (Å²) >= 11 is 5.91. The number of methoxy groups -OCH3 is 2. The highest BCUT2D eigenvalue weighted by molar-refractivity contribution is 6.30. The molecule has 0 radical (unpaired) electrons. The number of aryl methyl sites for hydroxylation is 1. The van der Waals surface area contributed by atoms with Crippen LogP contribution in [0, 0.1) is 0 Å². The summed E-state index contributed by atoms with van der Waals surface area (Å²) in [6, 6.07) is 5.99. The Bertz CT molecular complexity index is 353. The molecule has 1 unspecified atom stereocenters. The van der Waals surface area contributed by atoms with E-state index in [0.29, 0.717) is 12.7 Å². The van der Waals surface area contributed by atoms with Crippen molar-refractivity contribution in [3.63, 3.8) is 0 Å². The summed E-state index contributed by atoms with van der Waals surface area (Å²) in [5.74, 6) is 0.334. The SMILES string of the molecule is COCOC.OCC1CCCc2cc(Cl)ccc21. The van der Waals surface area contributed by atoms with Crippen molar-refractivity contribution in [1.29, 1.82) is 0 Å². The molecule has 1 aromatic rings. The zero-order valence-corrected chi connectivity index (χ0v) is 11.7. The van der Waals surface area contributed by atoms with E-state index in [-0.39, 0.29) is 6.61 Å². The first-order chi connectivity index (χ1) is 8.72. The molecule has 0 saturated heterocycles. The second-order valence-corrected chi connectivity index (χ2v) is 4.75. The lowest BCUT2D eigenvalue weighted by atomic mass is 9.83. The van der Waals surface area contributed by atoms with E-state index in [1.165, 1.54) is 17.5 Å². The van der Waals surface area contributed by atoms with Gasteiger partial charge in [-0.15, -0.1) is 0 Å². The van der Waals surface area contributed by atoms with Crippen LogP contribution < -0.4 is 0 Å². The van der Waals surface area contributed by atoms with Gasteiger partial charge < -0.3 is 14.6 Å². The third kappa shape index (κ3) is 4.58. The van der Waals surface area contributed by atoms with Gasteiger partial charge in [0.2, 0.25) is 0 Å². The topological polar surface area (TPSA) is 38.7 Å². The number of hydrogen-bond donors (Lipinski definition) is 1. The summed E-state index contributed by atoms with van der Waals surface area (Å²) < 4.78 is 8.94. The molecule has 0 spiro atoms. The maximum absolute atomic E-state index is 9.17. The highest BCUT2D eigenvalue weighted by atomic mass is 35.5. The van der Waals surface area contributed by atoms with Crippen LogP contribution in [-0.4, -0.2) is 32.7 Å². The molecule has 1 aromatic carbocycles.